The van der Waals surface area contributed by atoms with Gasteiger partial charge in [0.2, 0.25) is 5.91 Å². The Morgan fingerprint density at radius 3 is 2.17 bits per heavy atom. The van der Waals surface area contributed by atoms with E-state index in [0.29, 0.717) is 6.42 Å². The number of carbonyl (C=O) groups is 1. The summed E-state index contributed by atoms with van der Waals surface area (Å²) in [4.78, 5) is 10.9. The molecule has 72 valence electrons. The van der Waals surface area contributed by atoms with Crippen LogP contribution in [0.3, 0.4) is 0 Å². The zero-order valence-corrected chi connectivity index (χ0v) is 7.58. The molecule has 0 spiro atoms. The predicted molar refractivity (Wildman–Crippen MR) is 45.3 cm³/mol. The van der Waals surface area contributed by atoms with Gasteiger partial charge in [-0.05, 0) is 12.8 Å². The molecule has 0 aliphatic heterocycles. The van der Waals surface area contributed by atoms with Crippen LogP contribution in [0.15, 0.2) is 0 Å². The van der Waals surface area contributed by atoms with Crippen LogP contribution in [0.5, 0.6) is 0 Å². The molecule has 0 radical (unpaired) electrons. The van der Waals surface area contributed by atoms with Crippen LogP contribution in [-0.4, -0.2) is 28.3 Å². The van der Waals surface area contributed by atoms with E-state index in [4.69, 9.17) is 10.8 Å². The molecule has 2 unspecified atom stereocenters. The number of nitrogens with two attached hydrogens (primary N) is 1. The molecule has 4 nitrogen and oxygen atoms in total. The Morgan fingerprint density at radius 2 is 2.08 bits per heavy atom. The van der Waals surface area contributed by atoms with Gasteiger partial charge in [-0.25, -0.2) is 0 Å². The molecule has 0 saturated heterocycles. The zero-order chi connectivity index (χ0) is 9.78. The van der Waals surface area contributed by atoms with Gasteiger partial charge >= 0.3 is 0 Å². The van der Waals surface area contributed by atoms with Crippen LogP contribution in [0.25, 0.3) is 0 Å². The lowest BCUT2D eigenvalue weighted by atomic mass is 9.83. The Morgan fingerprint density at radius 1 is 1.58 bits per heavy atom. The van der Waals surface area contributed by atoms with Gasteiger partial charge in [0.15, 0.2) is 0 Å². The highest BCUT2D eigenvalue weighted by molar-refractivity contribution is 5.83. The molecule has 0 heterocycles. The van der Waals surface area contributed by atoms with E-state index in [-0.39, 0.29) is 13.0 Å². The van der Waals surface area contributed by atoms with Crippen molar-refractivity contribution in [1.82, 2.24) is 0 Å². The van der Waals surface area contributed by atoms with E-state index >= 15 is 0 Å². The summed E-state index contributed by atoms with van der Waals surface area (Å²) in [6, 6.07) is 0. The fraction of sp³-hybridized carbons (Fsp3) is 0.875. The van der Waals surface area contributed by atoms with E-state index < -0.39 is 17.4 Å². The number of rotatable bonds is 5. The Balaban J connectivity index is 4.58. The SMILES string of the molecule is CCC(CO)C(O)(CC)C(N)=O. The normalized spacial score (nSPS) is 18.3. The number of aliphatic hydroxyl groups is 2. The molecular weight excluding hydrogens is 158 g/mol. The van der Waals surface area contributed by atoms with E-state index in [2.05, 4.69) is 0 Å². The summed E-state index contributed by atoms with van der Waals surface area (Å²) in [6.07, 6.45) is 0.769. The van der Waals surface area contributed by atoms with Gasteiger partial charge in [-0.2, -0.15) is 0 Å². The molecule has 0 aromatic heterocycles. The van der Waals surface area contributed by atoms with Gasteiger partial charge in [0.05, 0.1) is 0 Å². The van der Waals surface area contributed by atoms with Gasteiger partial charge in [0.1, 0.15) is 5.60 Å². The average molecular weight is 175 g/mol. The second kappa shape index (κ2) is 4.42. The monoisotopic (exact) mass is 175 g/mol. The molecule has 0 saturated carbocycles. The lowest BCUT2D eigenvalue weighted by Gasteiger charge is -2.30. The van der Waals surface area contributed by atoms with Gasteiger partial charge in [-0.3, -0.25) is 4.79 Å². The van der Waals surface area contributed by atoms with Crippen molar-refractivity contribution in [2.45, 2.75) is 32.3 Å². The van der Waals surface area contributed by atoms with Crippen LogP contribution in [-0.2, 0) is 4.79 Å². The molecule has 0 fully saturated rings. The quantitative estimate of drug-likeness (QED) is 0.533. The largest absolute Gasteiger partial charge is 0.396 e. The first-order valence-corrected chi connectivity index (χ1v) is 4.16. The van der Waals surface area contributed by atoms with Crippen LogP contribution >= 0.6 is 0 Å². The van der Waals surface area contributed by atoms with Crippen molar-refractivity contribution < 1.29 is 15.0 Å². The molecular formula is C8H17NO3. The molecule has 4 N–H and O–H groups in total. The molecule has 2 atom stereocenters. The summed E-state index contributed by atoms with van der Waals surface area (Å²) in [5.74, 6) is -1.22. The summed E-state index contributed by atoms with van der Waals surface area (Å²) in [5.41, 5.74) is 3.48. The third-order valence-electron chi connectivity index (χ3n) is 2.35. The van der Waals surface area contributed by atoms with E-state index in [9.17, 15) is 9.90 Å². The highest BCUT2D eigenvalue weighted by Gasteiger charge is 2.39. The number of carbonyl (C=O) groups excluding carboxylic acids is 1. The van der Waals surface area contributed by atoms with Gasteiger partial charge in [-0.1, -0.05) is 13.8 Å². The summed E-state index contributed by atoms with van der Waals surface area (Å²) in [7, 11) is 0. The molecule has 12 heavy (non-hydrogen) atoms. The van der Waals surface area contributed by atoms with Crippen LogP contribution in [0, 0.1) is 5.92 Å². The van der Waals surface area contributed by atoms with Crippen molar-refractivity contribution in [3.8, 4) is 0 Å². The van der Waals surface area contributed by atoms with Crippen LogP contribution in [0.1, 0.15) is 26.7 Å². The fourth-order valence-corrected chi connectivity index (χ4v) is 1.28. The molecule has 4 heteroatoms. The number of hydrogen-bond acceptors (Lipinski definition) is 3. The van der Waals surface area contributed by atoms with Gasteiger partial charge in [0.25, 0.3) is 0 Å². The van der Waals surface area contributed by atoms with Crippen LogP contribution < -0.4 is 5.73 Å². The second-order valence-corrected chi connectivity index (χ2v) is 2.93. The van der Waals surface area contributed by atoms with E-state index in [1.807, 2.05) is 0 Å². The van der Waals surface area contributed by atoms with Gasteiger partial charge in [-0.15, -0.1) is 0 Å². The Bertz CT molecular complexity index is 156. The highest BCUT2D eigenvalue weighted by Crippen LogP contribution is 2.23. The summed E-state index contributed by atoms with van der Waals surface area (Å²) in [5, 5.41) is 18.6. The number of amides is 1. The minimum absolute atomic E-state index is 0.218. The Hall–Kier alpha value is -0.610. The minimum Gasteiger partial charge on any atom is -0.396 e. The van der Waals surface area contributed by atoms with E-state index in [1.54, 1.807) is 13.8 Å². The summed E-state index contributed by atoms with van der Waals surface area (Å²) in [6.45, 7) is 3.25. The molecule has 0 aliphatic rings. The van der Waals surface area contributed by atoms with Crippen molar-refractivity contribution in [2.75, 3.05) is 6.61 Å². The highest BCUT2D eigenvalue weighted by atomic mass is 16.3. The summed E-state index contributed by atoms with van der Waals surface area (Å²) < 4.78 is 0. The van der Waals surface area contributed by atoms with Gasteiger partial charge < -0.3 is 15.9 Å². The fourth-order valence-electron chi connectivity index (χ4n) is 1.28. The van der Waals surface area contributed by atoms with Crippen molar-refractivity contribution in [1.29, 1.82) is 0 Å². The third kappa shape index (κ3) is 1.95. The van der Waals surface area contributed by atoms with Crippen molar-refractivity contribution >= 4 is 5.91 Å². The standard InChI is InChI=1S/C8H17NO3/c1-3-6(5-10)8(12,4-2)7(9)11/h6,10,12H,3-5H2,1-2H3,(H2,9,11). The summed E-state index contributed by atoms with van der Waals surface area (Å²) >= 11 is 0. The lowest BCUT2D eigenvalue weighted by molar-refractivity contribution is -0.145. The minimum atomic E-state index is -1.55. The maximum atomic E-state index is 10.9. The first-order chi connectivity index (χ1) is 5.52. The first-order valence-electron chi connectivity index (χ1n) is 4.16. The van der Waals surface area contributed by atoms with Crippen LogP contribution in [0.4, 0.5) is 0 Å². The van der Waals surface area contributed by atoms with Crippen LogP contribution in [0.2, 0.25) is 0 Å². The Kier molecular flexibility index (Phi) is 4.20. The molecule has 0 bridgehead atoms. The van der Waals surface area contributed by atoms with Gasteiger partial charge in [0, 0.05) is 12.5 Å². The van der Waals surface area contributed by atoms with E-state index in [0.717, 1.165) is 0 Å². The first kappa shape index (κ1) is 11.4. The topological polar surface area (TPSA) is 83.6 Å². The second-order valence-electron chi connectivity index (χ2n) is 2.93. The molecule has 0 aromatic rings. The maximum absolute atomic E-state index is 10.9. The predicted octanol–water partition coefficient (Wildman–Crippen LogP) is -0.369. The third-order valence-corrected chi connectivity index (χ3v) is 2.35. The van der Waals surface area contributed by atoms with Crippen molar-refractivity contribution in [3.63, 3.8) is 0 Å². The number of aliphatic hydroxyl groups excluding tert-OH is 1. The maximum Gasteiger partial charge on any atom is 0.249 e. The number of hydrogen-bond donors (Lipinski definition) is 3. The van der Waals surface area contributed by atoms with E-state index in [1.165, 1.54) is 0 Å². The molecule has 0 aliphatic carbocycles. The molecule has 1 amide bonds. The average Bonchev–Trinajstić information content (AvgIpc) is 2.05. The van der Waals surface area contributed by atoms with Crippen molar-refractivity contribution in [3.05, 3.63) is 0 Å². The van der Waals surface area contributed by atoms with Crippen molar-refractivity contribution in [2.24, 2.45) is 11.7 Å². The molecule has 0 rings (SSSR count). The smallest absolute Gasteiger partial charge is 0.249 e. The zero-order valence-electron chi connectivity index (χ0n) is 7.58. The number of primary amides is 1. The Labute approximate surface area is 72.4 Å². The molecule has 0 aromatic carbocycles. The lowest BCUT2D eigenvalue weighted by Crippen LogP contribution is -2.50.